The Morgan fingerprint density at radius 2 is 1.77 bits per heavy atom. The highest BCUT2D eigenvalue weighted by molar-refractivity contribution is 8.18. The molecule has 0 unspecified atom stereocenters. The van der Waals surface area contributed by atoms with E-state index in [0.717, 1.165) is 16.5 Å². The van der Waals surface area contributed by atoms with E-state index in [-0.39, 0.29) is 10.8 Å². The first-order valence-corrected chi connectivity index (χ1v) is 13.1. The Hall–Kier alpha value is -3.66. The number of thioether (sulfide) groups is 1. The summed E-state index contributed by atoms with van der Waals surface area (Å²) in [4.78, 5) is 21.5. The molecule has 2 N–H and O–H groups in total. The summed E-state index contributed by atoms with van der Waals surface area (Å²) in [7, 11) is -3.76. The van der Waals surface area contributed by atoms with Gasteiger partial charge < -0.3 is 5.32 Å². The van der Waals surface area contributed by atoms with Gasteiger partial charge in [0.15, 0.2) is 5.17 Å². The molecule has 1 aliphatic heterocycles. The van der Waals surface area contributed by atoms with Crippen molar-refractivity contribution in [1.82, 2.24) is 4.98 Å². The van der Waals surface area contributed by atoms with Crippen LogP contribution in [0.2, 0.25) is 5.02 Å². The lowest BCUT2D eigenvalue weighted by Crippen LogP contribution is -2.13. The van der Waals surface area contributed by atoms with Crippen LogP contribution in [-0.4, -0.2) is 24.5 Å². The van der Waals surface area contributed by atoms with E-state index in [1.807, 2.05) is 30.3 Å². The number of nitrogens with zero attached hydrogens (tertiary/aromatic N) is 2. The van der Waals surface area contributed by atoms with Crippen LogP contribution in [0.25, 0.3) is 17.0 Å². The molecule has 5 rings (SSSR count). The highest BCUT2D eigenvalue weighted by atomic mass is 35.5. The Morgan fingerprint density at radius 1 is 0.943 bits per heavy atom. The molecule has 0 saturated carbocycles. The van der Waals surface area contributed by atoms with Gasteiger partial charge in [0.2, 0.25) is 0 Å². The van der Waals surface area contributed by atoms with Crippen LogP contribution in [0.5, 0.6) is 0 Å². The highest BCUT2D eigenvalue weighted by Gasteiger charge is 2.23. The molecule has 3 aromatic carbocycles. The third kappa shape index (κ3) is 5.22. The molecule has 10 heteroatoms. The fraction of sp³-hybridized carbons (Fsp3) is 0. The molecule has 35 heavy (non-hydrogen) atoms. The minimum Gasteiger partial charge on any atom is -0.333 e. The molecule has 2 heterocycles. The van der Waals surface area contributed by atoms with Gasteiger partial charge in [-0.1, -0.05) is 41.9 Å². The normalized spacial score (nSPS) is 14.8. The number of nitrogens with one attached hydrogen (secondary N) is 2. The van der Waals surface area contributed by atoms with E-state index in [0.29, 0.717) is 26.5 Å². The van der Waals surface area contributed by atoms with Gasteiger partial charge in [0, 0.05) is 11.6 Å². The summed E-state index contributed by atoms with van der Waals surface area (Å²) >= 11 is 7.49. The monoisotopic (exact) mass is 520 g/mol. The number of carbonyl (C=O) groups excluding carboxylic acids is 1. The number of benzene rings is 3. The molecule has 0 radical (unpaired) electrons. The second kappa shape index (κ2) is 9.53. The average Bonchev–Trinajstić information content (AvgIpc) is 3.20. The number of sulfonamides is 1. The number of amidine groups is 1. The van der Waals surface area contributed by atoms with Crippen LogP contribution in [0.4, 0.5) is 11.4 Å². The molecular weight excluding hydrogens is 504 g/mol. The van der Waals surface area contributed by atoms with E-state index < -0.39 is 10.0 Å². The Kier molecular flexibility index (Phi) is 6.29. The fourth-order valence-electron chi connectivity index (χ4n) is 3.41. The van der Waals surface area contributed by atoms with E-state index in [2.05, 4.69) is 20.0 Å². The van der Waals surface area contributed by atoms with E-state index in [9.17, 15) is 13.2 Å². The summed E-state index contributed by atoms with van der Waals surface area (Å²) < 4.78 is 27.8. The molecule has 1 aliphatic rings. The third-order valence-corrected chi connectivity index (χ3v) is 7.68. The van der Waals surface area contributed by atoms with Crippen LogP contribution in [0.15, 0.2) is 99.9 Å². The van der Waals surface area contributed by atoms with Crippen molar-refractivity contribution in [2.45, 2.75) is 4.90 Å². The van der Waals surface area contributed by atoms with Crippen molar-refractivity contribution in [3.8, 4) is 0 Å². The number of hydrogen-bond donors (Lipinski definition) is 2. The van der Waals surface area contributed by atoms with Crippen molar-refractivity contribution < 1.29 is 13.2 Å². The molecule has 174 valence electrons. The molecular formula is C25H17ClN4O3S2. The Bertz CT molecular complexity index is 1620. The molecule has 7 nitrogen and oxygen atoms in total. The molecule has 0 fully saturated rings. The van der Waals surface area contributed by atoms with Crippen LogP contribution >= 0.6 is 23.4 Å². The number of amides is 1. The number of halogens is 1. The fourth-order valence-corrected chi connectivity index (χ4v) is 5.47. The van der Waals surface area contributed by atoms with E-state index >= 15 is 0 Å². The summed E-state index contributed by atoms with van der Waals surface area (Å²) in [5.41, 5.74) is 2.46. The van der Waals surface area contributed by atoms with E-state index in [1.165, 1.54) is 23.9 Å². The quantitative estimate of drug-likeness (QED) is 0.324. The van der Waals surface area contributed by atoms with E-state index in [1.54, 1.807) is 48.7 Å². The van der Waals surface area contributed by atoms with Gasteiger partial charge in [0.1, 0.15) is 0 Å². The van der Waals surface area contributed by atoms with Gasteiger partial charge in [-0.2, -0.15) is 4.99 Å². The standard InChI is InChI=1S/C25H17ClN4O3S2/c26-20-10-9-18(30-35(32,33)19-6-2-1-3-7-19)15-22(20)28-25-29-24(31)23(34-25)14-16-8-11-21-17(13-16)5-4-12-27-21/h1-15,30H,(H,28,29,31)/b23-14-. The molecule has 1 amide bonds. The van der Waals surface area contributed by atoms with E-state index in [4.69, 9.17) is 11.6 Å². The average molecular weight is 521 g/mol. The van der Waals surface area contributed by atoms with Gasteiger partial charge >= 0.3 is 0 Å². The molecule has 0 spiro atoms. The summed E-state index contributed by atoms with van der Waals surface area (Å²) in [6.07, 6.45) is 3.50. The number of carbonyl (C=O) groups is 1. The number of anilines is 2. The summed E-state index contributed by atoms with van der Waals surface area (Å²) in [6, 6.07) is 22.3. The Labute approximate surface area is 211 Å². The molecule has 0 saturated heterocycles. The topological polar surface area (TPSA) is 101 Å². The zero-order valence-corrected chi connectivity index (χ0v) is 20.4. The van der Waals surface area contributed by atoms with Gasteiger partial charge in [-0.05, 0) is 71.9 Å². The second-order valence-corrected chi connectivity index (χ2v) is 10.6. The number of hydrogen-bond acceptors (Lipinski definition) is 6. The first kappa shape index (κ1) is 23.1. The van der Waals surface area contributed by atoms with Crippen molar-refractivity contribution in [1.29, 1.82) is 0 Å². The predicted molar refractivity (Wildman–Crippen MR) is 142 cm³/mol. The summed E-state index contributed by atoms with van der Waals surface area (Å²) in [5, 5.41) is 4.69. The van der Waals surface area contributed by atoms with Crippen LogP contribution in [0, 0.1) is 0 Å². The maximum atomic E-state index is 12.6. The zero-order valence-electron chi connectivity index (χ0n) is 18.0. The van der Waals surface area contributed by atoms with Crippen molar-refractivity contribution in [3.05, 3.63) is 101 Å². The summed E-state index contributed by atoms with van der Waals surface area (Å²) in [6.45, 7) is 0. The van der Waals surface area contributed by atoms with Crippen LogP contribution < -0.4 is 10.0 Å². The van der Waals surface area contributed by atoms with Crippen molar-refractivity contribution >= 4 is 72.8 Å². The summed E-state index contributed by atoms with van der Waals surface area (Å²) in [5.74, 6) is -0.374. The minimum atomic E-state index is -3.76. The van der Waals surface area contributed by atoms with Crippen molar-refractivity contribution in [3.63, 3.8) is 0 Å². The van der Waals surface area contributed by atoms with Crippen LogP contribution in [0.3, 0.4) is 0 Å². The lowest BCUT2D eigenvalue weighted by atomic mass is 10.1. The molecule has 4 aromatic rings. The number of pyridine rings is 1. The lowest BCUT2D eigenvalue weighted by Gasteiger charge is -2.12. The zero-order chi connectivity index (χ0) is 24.4. The maximum absolute atomic E-state index is 12.6. The minimum absolute atomic E-state index is 0.144. The Morgan fingerprint density at radius 3 is 2.60 bits per heavy atom. The van der Waals surface area contributed by atoms with Gasteiger partial charge in [-0.3, -0.25) is 14.5 Å². The Balaban J connectivity index is 1.33. The number of rotatable bonds is 5. The predicted octanol–water partition coefficient (Wildman–Crippen LogP) is 5.77. The first-order chi connectivity index (χ1) is 16.9. The second-order valence-electron chi connectivity index (χ2n) is 7.53. The van der Waals surface area contributed by atoms with Gasteiger partial charge in [-0.25, -0.2) is 8.42 Å². The smallest absolute Gasteiger partial charge is 0.286 e. The largest absolute Gasteiger partial charge is 0.333 e. The number of fused-ring (bicyclic) bond motifs is 1. The maximum Gasteiger partial charge on any atom is 0.286 e. The van der Waals surface area contributed by atoms with Crippen LogP contribution in [0.1, 0.15) is 5.56 Å². The van der Waals surface area contributed by atoms with Crippen LogP contribution in [-0.2, 0) is 14.8 Å². The third-order valence-electron chi connectivity index (χ3n) is 5.06. The number of aliphatic imine (C=N–C) groups is 1. The van der Waals surface area contributed by atoms with Gasteiger partial charge in [0.25, 0.3) is 15.9 Å². The number of aromatic nitrogens is 1. The van der Waals surface area contributed by atoms with Gasteiger partial charge in [0.05, 0.1) is 31.7 Å². The molecule has 0 atom stereocenters. The first-order valence-electron chi connectivity index (χ1n) is 10.4. The van der Waals surface area contributed by atoms with Crippen molar-refractivity contribution in [2.24, 2.45) is 4.99 Å². The van der Waals surface area contributed by atoms with Gasteiger partial charge in [-0.15, -0.1) is 0 Å². The SMILES string of the molecule is O=C1N=C(Nc2cc(NS(=O)(=O)c3ccccc3)ccc2Cl)S/C1=C\c1ccc2ncccc2c1. The van der Waals surface area contributed by atoms with Crippen molar-refractivity contribution in [2.75, 3.05) is 10.0 Å². The highest BCUT2D eigenvalue weighted by Crippen LogP contribution is 2.33. The molecule has 1 aromatic heterocycles. The lowest BCUT2D eigenvalue weighted by molar-refractivity contribution is -0.113. The molecule has 0 aliphatic carbocycles. The molecule has 0 bridgehead atoms.